The first-order valence-electron chi connectivity index (χ1n) is 9.38. The number of hydrogen-bond acceptors (Lipinski definition) is 5. The highest BCUT2D eigenvalue weighted by Gasteiger charge is 2.26. The minimum atomic E-state index is -3.44. The summed E-state index contributed by atoms with van der Waals surface area (Å²) in [4.78, 5) is 16.1. The molecule has 0 aliphatic rings. The lowest BCUT2D eigenvalue weighted by molar-refractivity contribution is -0.131. The second-order valence-electron chi connectivity index (χ2n) is 7.58. The molecule has 9 heteroatoms. The SMILES string of the molecule is C=CC(F)(F)Oc1ccc(-n2cnc(-c3ccc(NC(=O)OC(C)(C)C)cc3)n2)cc1. The number of ether oxygens (including phenoxy) is 2. The van der Waals surface area contributed by atoms with Gasteiger partial charge < -0.3 is 9.47 Å². The third kappa shape index (κ3) is 6.11. The molecule has 0 unspecified atom stereocenters. The highest BCUT2D eigenvalue weighted by atomic mass is 19.3. The molecule has 0 fully saturated rings. The first-order chi connectivity index (χ1) is 14.5. The van der Waals surface area contributed by atoms with E-state index in [9.17, 15) is 13.6 Å². The van der Waals surface area contributed by atoms with Crippen molar-refractivity contribution in [3.63, 3.8) is 0 Å². The van der Waals surface area contributed by atoms with Gasteiger partial charge in [0.15, 0.2) is 5.82 Å². The van der Waals surface area contributed by atoms with Crippen molar-refractivity contribution >= 4 is 11.8 Å². The van der Waals surface area contributed by atoms with E-state index in [4.69, 9.17) is 4.74 Å². The molecule has 0 radical (unpaired) electrons. The van der Waals surface area contributed by atoms with Crippen LogP contribution < -0.4 is 10.1 Å². The summed E-state index contributed by atoms with van der Waals surface area (Å²) in [6, 6.07) is 12.9. The number of benzene rings is 2. The highest BCUT2D eigenvalue weighted by molar-refractivity contribution is 5.85. The molecule has 2 aromatic carbocycles. The van der Waals surface area contributed by atoms with Gasteiger partial charge in [-0.15, -0.1) is 5.10 Å². The van der Waals surface area contributed by atoms with E-state index in [2.05, 4.69) is 26.7 Å². The smallest absolute Gasteiger partial charge is 0.419 e. The molecule has 0 bridgehead atoms. The zero-order valence-corrected chi connectivity index (χ0v) is 17.3. The van der Waals surface area contributed by atoms with Crippen LogP contribution in [0, 0.1) is 0 Å². The van der Waals surface area contributed by atoms with Crippen LogP contribution in [0.1, 0.15) is 20.8 Å². The molecule has 3 rings (SSSR count). The van der Waals surface area contributed by atoms with E-state index in [1.807, 2.05) is 0 Å². The Labute approximate surface area is 178 Å². The van der Waals surface area contributed by atoms with E-state index in [0.29, 0.717) is 23.3 Å². The van der Waals surface area contributed by atoms with Crippen molar-refractivity contribution in [3.8, 4) is 22.8 Å². The first kappa shape index (κ1) is 21.9. The number of nitrogens with zero attached hydrogens (tertiary/aromatic N) is 3. The number of halogens is 2. The molecule has 0 aliphatic carbocycles. The standard InChI is InChI=1S/C22H22F2N4O3/c1-5-22(23,24)30-18-12-10-17(11-13-18)28-14-25-19(27-28)15-6-8-16(9-7-15)26-20(29)31-21(2,3)4/h5-14H,1H2,2-4H3,(H,26,29). The first-order valence-corrected chi connectivity index (χ1v) is 9.38. The van der Waals surface area contributed by atoms with Crippen LogP contribution in [0.2, 0.25) is 0 Å². The number of hydrogen-bond donors (Lipinski definition) is 1. The summed E-state index contributed by atoms with van der Waals surface area (Å²) in [7, 11) is 0. The maximum absolute atomic E-state index is 13.2. The third-order valence-corrected chi connectivity index (χ3v) is 3.87. The summed E-state index contributed by atoms with van der Waals surface area (Å²) < 4.78 is 37.7. The summed E-state index contributed by atoms with van der Waals surface area (Å²) in [6.45, 7) is 8.39. The number of carbonyl (C=O) groups excluding carboxylic acids is 1. The number of rotatable bonds is 6. The van der Waals surface area contributed by atoms with E-state index in [0.717, 1.165) is 5.56 Å². The molecule has 162 valence electrons. The summed E-state index contributed by atoms with van der Waals surface area (Å²) in [5.74, 6) is 0.462. The zero-order valence-electron chi connectivity index (χ0n) is 17.3. The fourth-order valence-electron chi connectivity index (χ4n) is 2.51. The Hall–Kier alpha value is -3.75. The Balaban J connectivity index is 1.68. The number of carbonyl (C=O) groups is 1. The van der Waals surface area contributed by atoms with Crippen molar-refractivity contribution in [2.75, 3.05) is 5.32 Å². The van der Waals surface area contributed by atoms with Crippen molar-refractivity contribution in [1.29, 1.82) is 0 Å². The molecule has 0 atom stereocenters. The van der Waals surface area contributed by atoms with Crippen molar-refractivity contribution in [3.05, 3.63) is 67.5 Å². The van der Waals surface area contributed by atoms with Crippen LogP contribution in [-0.2, 0) is 4.74 Å². The average molecular weight is 428 g/mol. The van der Waals surface area contributed by atoms with Crippen LogP contribution in [0.3, 0.4) is 0 Å². The number of anilines is 1. The zero-order chi connectivity index (χ0) is 22.6. The van der Waals surface area contributed by atoms with Gasteiger partial charge in [0, 0.05) is 17.3 Å². The van der Waals surface area contributed by atoms with E-state index >= 15 is 0 Å². The maximum atomic E-state index is 13.2. The van der Waals surface area contributed by atoms with Crippen molar-refractivity contribution in [2.24, 2.45) is 0 Å². The number of aromatic nitrogens is 3. The summed E-state index contributed by atoms with van der Waals surface area (Å²) in [5, 5.41) is 7.05. The maximum Gasteiger partial charge on any atom is 0.419 e. The lowest BCUT2D eigenvalue weighted by atomic mass is 10.2. The van der Waals surface area contributed by atoms with Crippen LogP contribution in [0.4, 0.5) is 19.3 Å². The summed E-state index contributed by atoms with van der Waals surface area (Å²) >= 11 is 0. The minimum absolute atomic E-state index is 0.00191. The molecule has 0 saturated carbocycles. The van der Waals surface area contributed by atoms with E-state index in [-0.39, 0.29) is 5.75 Å². The fraction of sp³-hybridized carbons (Fsp3) is 0.227. The number of nitrogens with one attached hydrogen (secondary N) is 1. The van der Waals surface area contributed by atoms with Crippen LogP contribution in [0.25, 0.3) is 17.1 Å². The molecular weight excluding hydrogens is 406 g/mol. The molecular formula is C22H22F2N4O3. The van der Waals surface area contributed by atoms with Gasteiger partial charge in [0.1, 0.15) is 17.7 Å². The monoisotopic (exact) mass is 428 g/mol. The van der Waals surface area contributed by atoms with E-state index < -0.39 is 17.8 Å². The molecule has 1 aromatic heterocycles. The Morgan fingerprint density at radius 2 is 1.74 bits per heavy atom. The molecule has 1 heterocycles. The number of alkyl halides is 2. The van der Waals surface area contributed by atoms with Crippen LogP contribution >= 0.6 is 0 Å². The fourth-order valence-corrected chi connectivity index (χ4v) is 2.51. The summed E-state index contributed by atoms with van der Waals surface area (Å²) in [6.07, 6.45) is -2.04. The normalized spacial score (nSPS) is 11.6. The Kier molecular flexibility index (Phi) is 6.05. The van der Waals surface area contributed by atoms with Gasteiger partial charge >= 0.3 is 12.2 Å². The molecule has 0 saturated heterocycles. The number of amides is 1. The Morgan fingerprint density at radius 1 is 1.10 bits per heavy atom. The molecule has 7 nitrogen and oxygen atoms in total. The predicted octanol–water partition coefficient (Wildman–Crippen LogP) is 5.44. The molecule has 1 N–H and O–H groups in total. The van der Waals surface area contributed by atoms with E-state index in [1.165, 1.54) is 23.1 Å². The largest absolute Gasteiger partial charge is 0.444 e. The van der Waals surface area contributed by atoms with Gasteiger partial charge in [0.2, 0.25) is 0 Å². The van der Waals surface area contributed by atoms with Gasteiger partial charge in [-0.2, -0.15) is 8.78 Å². The van der Waals surface area contributed by atoms with Crippen LogP contribution in [-0.4, -0.2) is 32.6 Å². The van der Waals surface area contributed by atoms with E-state index in [1.54, 1.807) is 57.2 Å². The van der Waals surface area contributed by atoms with Crippen molar-refractivity contribution in [2.45, 2.75) is 32.5 Å². The van der Waals surface area contributed by atoms with Gasteiger partial charge in [0.05, 0.1) is 5.69 Å². The molecule has 31 heavy (non-hydrogen) atoms. The second-order valence-corrected chi connectivity index (χ2v) is 7.58. The van der Waals surface area contributed by atoms with Gasteiger partial charge in [-0.25, -0.2) is 14.5 Å². The third-order valence-electron chi connectivity index (χ3n) is 3.87. The lowest BCUT2D eigenvalue weighted by Gasteiger charge is -2.19. The van der Waals surface area contributed by atoms with Crippen molar-refractivity contribution < 1.29 is 23.0 Å². The second kappa shape index (κ2) is 8.55. The quantitative estimate of drug-likeness (QED) is 0.529. The Morgan fingerprint density at radius 3 is 2.32 bits per heavy atom. The van der Waals surface area contributed by atoms with Gasteiger partial charge in [0.25, 0.3) is 0 Å². The average Bonchev–Trinajstić information content (AvgIpc) is 3.17. The molecule has 0 spiro atoms. The topological polar surface area (TPSA) is 78.3 Å². The lowest BCUT2D eigenvalue weighted by Crippen LogP contribution is -2.27. The molecule has 0 aliphatic heterocycles. The van der Waals surface area contributed by atoms with Crippen LogP contribution in [0.15, 0.2) is 67.5 Å². The highest BCUT2D eigenvalue weighted by Crippen LogP contribution is 2.24. The van der Waals surface area contributed by atoms with Gasteiger partial charge in [-0.1, -0.05) is 6.58 Å². The van der Waals surface area contributed by atoms with Crippen molar-refractivity contribution in [1.82, 2.24) is 14.8 Å². The predicted molar refractivity (Wildman–Crippen MR) is 112 cm³/mol. The van der Waals surface area contributed by atoms with Gasteiger partial charge in [-0.3, -0.25) is 5.32 Å². The summed E-state index contributed by atoms with van der Waals surface area (Å²) in [5.41, 5.74) is 1.34. The Bertz CT molecular complexity index is 1060. The van der Waals surface area contributed by atoms with Gasteiger partial charge in [-0.05, 0) is 69.3 Å². The minimum Gasteiger partial charge on any atom is -0.444 e. The molecule has 3 aromatic rings. The van der Waals surface area contributed by atoms with Crippen LogP contribution in [0.5, 0.6) is 5.75 Å². The molecule has 1 amide bonds.